The lowest BCUT2D eigenvalue weighted by molar-refractivity contribution is -0.128. The SMILES string of the molecule is CC1(C)[C@H]2CC[C@@]1(CS(=O)(=O)N1CCN(C(=O)c3ccco3)CC1)C(=O)C2. The fourth-order valence-electron chi connectivity index (χ4n) is 5.24. The van der Waals surface area contributed by atoms with Crippen LogP contribution in [0.5, 0.6) is 0 Å². The van der Waals surface area contributed by atoms with Crippen molar-refractivity contribution < 1.29 is 22.4 Å². The fraction of sp³-hybridized carbons (Fsp3) is 0.684. The Labute approximate surface area is 159 Å². The third-order valence-electron chi connectivity index (χ3n) is 7.22. The normalized spacial score (nSPS) is 30.8. The highest BCUT2D eigenvalue weighted by Gasteiger charge is 2.65. The van der Waals surface area contributed by atoms with Gasteiger partial charge in [0.05, 0.1) is 12.0 Å². The minimum absolute atomic E-state index is 0.103. The van der Waals surface area contributed by atoms with Crippen LogP contribution in [0.25, 0.3) is 0 Å². The molecule has 2 atom stereocenters. The van der Waals surface area contributed by atoms with Gasteiger partial charge in [-0.05, 0) is 36.3 Å². The van der Waals surface area contributed by atoms with Gasteiger partial charge in [0.1, 0.15) is 5.78 Å². The van der Waals surface area contributed by atoms with Crippen molar-refractivity contribution in [1.29, 1.82) is 0 Å². The van der Waals surface area contributed by atoms with E-state index in [1.807, 2.05) is 13.8 Å². The quantitative estimate of drug-likeness (QED) is 0.777. The molecule has 1 saturated heterocycles. The molecule has 1 aromatic rings. The van der Waals surface area contributed by atoms with Crippen LogP contribution < -0.4 is 0 Å². The van der Waals surface area contributed by atoms with E-state index in [9.17, 15) is 18.0 Å². The molecule has 4 rings (SSSR count). The highest BCUT2D eigenvalue weighted by Crippen LogP contribution is 2.64. The van der Waals surface area contributed by atoms with E-state index in [2.05, 4.69) is 0 Å². The van der Waals surface area contributed by atoms with Crippen molar-refractivity contribution in [3.8, 4) is 0 Å². The summed E-state index contributed by atoms with van der Waals surface area (Å²) < 4.78 is 32.8. The average molecular weight is 394 g/mol. The summed E-state index contributed by atoms with van der Waals surface area (Å²) in [5, 5.41) is 0. The second-order valence-electron chi connectivity index (χ2n) is 8.59. The number of fused-ring (bicyclic) bond motifs is 2. The van der Waals surface area contributed by atoms with Crippen LogP contribution in [0, 0.1) is 16.7 Å². The van der Waals surface area contributed by atoms with Crippen LogP contribution in [0.1, 0.15) is 43.7 Å². The van der Waals surface area contributed by atoms with Crippen molar-refractivity contribution in [1.82, 2.24) is 9.21 Å². The van der Waals surface area contributed by atoms with E-state index in [0.29, 0.717) is 31.8 Å². The van der Waals surface area contributed by atoms with E-state index in [0.717, 1.165) is 6.42 Å². The summed E-state index contributed by atoms with van der Waals surface area (Å²) in [6, 6.07) is 3.26. The lowest BCUT2D eigenvalue weighted by atomic mass is 9.70. The van der Waals surface area contributed by atoms with Gasteiger partial charge in [-0.2, -0.15) is 4.31 Å². The smallest absolute Gasteiger partial charge is 0.289 e. The Balaban J connectivity index is 1.45. The zero-order chi connectivity index (χ0) is 19.4. The number of piperazine rings is 1. The number of furan rings is 1. The van der Waals surface area contributed by atoms with Gasteiger partial charge in [0.25, 0.3) is 5.91 Å². The Hall–Kier alpha value is -1.67. The predicted molar refractivity (Wildman–Crippen MR) is 98.5 cm³/mol. The Bertz CT molecular complexity index is 853. The highest BCUT2D eigenvalue weighted by molar-refractivity contribution is 7.89. The third-order valence-corrected chi connectivity index (χ3v) is 9.23. The first-order valence-corrected chi connectivity index (χ1v) is 11.1. The largest absolute Gasteiger partial charge is 0.459 e. The van der Waals surface area contributed by atoms with Crippen LogP contribution in [0.3, 0.4) is 0 Å². The summed E-state index contributed by atoms with van der Waals surface area (Å²) in [6.45, 7) is 5.25. The van der Waals surface area contributed by atoms with Gasteiger partial charge in [0.15, 0.2) is 5.76 Å². The number of rotatable bonds is 4. The summed E-state index contributed by atoms with van der Waals surface area (Å²) in [5.41, 5.74) is -1.02. The first-order chi connectivity index (χ1) is 12.7. The molecule has 27 heavy (non-hydrogen) atoms. The van der Waals surface area contributed by atoms with Crippen LogP contribution in [0.15, 0.2) is 22.8 Å². The molecule has 1 aliphatic heterocycles. The molecule has 1 amide bonds. The van der Waals surface area contributed by atoms with Gasteiger partial charge in [0.2, 0.25) is 10.0 Å². The van der Waals surface area contributed by atoms with Crippen LogP contribution in [-0.4, -0.2) is 61.2 Å². The lowest BCUT2D eigenvalue weighted by Crippen LogP contribution is -2.53. The van der Waals surface area contributed by atoms with E-state index >= 15 is 0 Å². The minimum atomic E-state index is -3.57. The maximum atomic E-state index is 13.1. The molecule has 2 aliphatic carbocycles. The number of carbonyl (C=O) groups is 2. The van der Waals surface area contributed by atoms with Gasteiger partial charge in [0, 0.05) is 38.0 Å². The van der Waals surface area contributed by atoms with Crippen LogP contribution in [0.2, 0.25) is 0 Å². The zero-order valence-electron chi connectivity index (χ0n) is 15.8. The first-order valence-electron chi connectivity index (χ1n) is 9.51. The summed E-state index contributed by atoms with van der Waals surface area (Å²) in [7, 11) is -3.57. The zero-order valence-corrected chi connectivity index (χ0v) is 16.6. The number of hydrogen-bond donors (Lipinski definition) is 0. The fourth-order valence-corrected chi connectivity index (χ4v) is 7.44. The van der Waals surface area contributed by atoms with Crippen molar-refractivity contribution in [2.75, 3.05) is 31.9 Å². The Morgan fingerprint density at radius 3 is 2.48 bits per heavy atom. The van der Waals surface area contributed by atoms with Gasteiger partial charge >= 0.3 is 0 Å². The molecule has 2 saturated carbocycles. The summed E-state index contributed by atoms with van der Waals surface area (Å²) in [4.78, 5) is 26.6. The molecule has 0 unspecified atom stereocenters. The van der Waals surface area contributed by atoms with E-state index in [4.69, 9.17) is 4.42 Å². The van der Waals surface area contributed by atoms with E-state index in [1.165, 1.54) is 10.6 Å². The van der Waals surface area contributed by atoms with E-state index in [1.54, 1.807) is 17.0 Å². The first kappa shape index (κ1) is 18.7. The molecule has 2 heterocycles. The van der Waals surface area contributed by atoms with Crippen molar-refractivity contribution in [2.45, 2.75) is 33.1 Å². The van der Waals surface area contributed by atoms with Gasteiger partial charge in [-0.3, -0.25) is 9.59 Å². The second-order valence-corrected chi connectivity index (χ2v) is 10.6. The number of sulfonamides is 1. The number of hydrogen-bond acceptors (Lipinski definition) is 5. The number of nitrogens with zero attached hydrogens (tertiary/aromatic N) is 2. The molecule has 7 nitrogen and oxygen atoms in total. The Morgan fingerprint density at radius 1 is 1.26 bits per heavy atom. The molecule has 0 aromatic carbocycles. The third kappa shape index (κ3) is 2.76. The number of carbonyl (C=O) groups excluding carboxylic acids is 2. The van der Waals surface area contributed by atoms with Crippen molar-refractivity contribution in [3.05, 3.63) is 24.2 Å². The molecular weight excluding hydrogens is 368 g/mol. The van der Waals surface area contributed by atoms with Crippen LogP contribution in [-0.2, 0) is 14.8 Å². The number of ketones is 1. The monoisotopic (exact) mass is 394 g/mol. The lowest BCUT2D eigenvalue weighted by Gasteiger charge is -2.39. The molecule has 3 aliphatic rings. The summed E-state index contributed by atoms with van der Waals surface area (Å²) in [5.74, 6) is 0.345. The van der Waals surface area contributed by atoms with Crippen molar-refractivity contribution >= 4 is 21.7 Å². The van der Waals surface area contributed by atoms with Gasteiger partial charge < -0.3 is 9.32 Å². The maximum Gasteiger partial charge on any atom is 0.289 e. The molecule has 148 valence electrons. The van der Waals surface area contributed by atoms with E-state index < -0.39 is 15.4 Å². The Kier molecular flexibility index (Phi) is 4.27. The highest BCUT2D eigenvalue weighted by atomic mass is 32.2. The molecule has 0 radical (unpaired) electrons. The number of amides is 1. The second kappa shape index (κ2) is 6.17. The average Bonchev–Trinajstić information content (AvgIpc) is 3.28. The van der Waals surface area contributed by atoms with Gasteiger partial charge in [-0.1, -0.05) is 13.8 Å². The van der Waals surface area contributed by atoms with Crippen LogP contribution in [0.4, 0.5) is 0 Å². The van der Waals surface area contributed by atoms with Gasteiger partial charge in [-0.15, -0.1) is 0 Å². The molecule has 0 spiro atoms. The molecule has 2 bridgehead atoms. The minimum Gasteiger partial charge on any atom is -0.459 e. The Morgan fingerprint density at radius 2 is 1.96 bits per heavy atom. The summed E-state index contributed by atoms with van der Waals surface area (Å²) >= 11 is 0. The standard InChI is InChI=1S/C19H26N2O5S/c1-18(2)14-5-6-19(18,16(22)12-14)13-27(24,25)21-9-7-20(8-10-21)17(23)15-4-3-11-26-15/h3-4,11,14H,5-10,12-13H2,1-2H3/t14-,19+/m0/s1. The van der Waals surface area contributed by atoms with Gasteiger partial charge in [-0.25, -0.2) is 8.42 Å². The topological polar surface area (TPSA) is 87.9 Å². The molecule has 3 fully saturated rings. The molecule has 8 heteroatoms. The predicted octanol–water partition coefficient (Wildman–Crippen LogP) is 1.76. The summed E-state index contributed by atoms with van der Waals surface area (Å²) in [6.07, 6.45) is 3.55. The van der Waals surface area contributed by atoms with Crippen LogP contribution >= 0.6 is 0 Å². The number of Topliss-reactive ketones (excluding diaryl/α,β-unsaturated/α-hetero) is 1. The van der Waals surface area contributed by atoms with Crippen molar-refractivity contribution in [3.63, 3.8) is 0 Å². The van der Waals surface area contributed by atoms with Crippen molar-refractivity contribution in [2.24, 2.45) is 16.7 Å². The molecule has 1 aromatic heterocycles. The van der Waals surface area contributed by atoms with E-state index in [-0.39, 0.29) is 41.7 Å². The maximum absolute atomic E-state index is 13.1. The molecule has 0 N–H and O–H groups in total. The molecular formula is C19H26N2O5S.